The maximum atomic E-state index is 13.8. The molecule has 2 saturated heterocycles. The summed E-state index contributed by atoms with van der Waals surface area (Å²) in [5.41, 5.74) is -1.00. The Morgan fingerprint density at radius 3 is 2.35 bits per heavy atom. The Balaban J connectivity index is 1.83. The largest absolute Gasteiger partial charge is 0.467 e. The van der Waals surface area contributed by atoms with Gasteiger partial charge < -0.3 is 24.4 Å². The lowest BCUT2D eigenvalue weighted by molar-refractivity contribution is -0.154. The molecule has 2 heterocycles. The fourth-order valence-electron chi connectivity index (χ4n) is 5.38. The van der Waals surface area contributed by atoms with Crippen molar-refractivity contribution in [2.45, 2.75) is 103 Å². The van der Waals surface area contributed by atoms with Crippen molar-refractivity contribution in [3.05, 3.63) is 0 Å². The van der Waals surface area contributed by atoms with Crippen molar-refractivity contribution in [1.29, 1.82) is 0 Å². The van der Waals surface area contributed by atoms with Gasteiger partial charge in [-0.05, 0) is 59.8 Å². The number of likely N-dealkylation sites (tertiary alicyclic amines) is 1. The van der Waals surface area contributed by atoms with Gasteiger partial charge in [-0.2, -0.15) is 0 Å². The van der Waals surface area contributed by atoms with E-state index in [2.05, 4.69) is 5.32 Å². The minimum absolute atomic E-state index is 0.0184. The number of alkyl carbamates (subject to hydrolysis) is 1. The number of fused-ring (bicyclic) bond motifs is 1. The van der Waals surface area contributed by atoms with Crippen molar-refractivity contribution in [3.8, 4) is 0 Å². The van der Waals surface area contributed by atoms with E-state index in [0.29, 0.717) is 13.0 Å². The number of ether oxygens (including phenoxy) is 3. The minimum atomic E-state index is -0.728. The zero-order chi connectivity index (χ0) is 23.0. The highest BCUT2D eigenvalue weighted by molar-refractivity contribution is 5.91. The summed E-state index contributed by atoms with van der Waals surface area (Å²) in [4.78, 5) is 40.6. The molecule has 4 atom stereocenters. The maximum Gasteiger partial charge on any atom is 0.408 e. The number of hydrogen-bond acceptors (Lipinski definition) is 6. The summed E-state index contributed by atoms with van der Waals surface area (Å²) in [6.07, 6.45) is 4.75. The van der Waals surface area contributed by atoms with E-state index in [1.807, 2.05) is 13.8 Å². The van der Waals surface area contributed by atoms with Gasteiger partial charge in [-0.15, -0.1) is 0 Å². The summed E-state index contributed by atoms with van der Waals surface area (Å²) >= 11 is 0. The molecule has 2 aliphatic heterocycles. The molecule has 0 spiro atoms. The van der Waals surface area contributed by atoms with Gasteiger partial charge >= 0.3 is 12.1 Å². The van der Waals surface area contributed by atoms with E-state index in [1.165, 1.54) is 7.11 Å². The molecule has 3 rings (SSSR count). The Morgan fingerprint density at radius 1 is 1.13 bits per heavy atom. The van der Waals surface area contributed by atoms with Gasteiger partial charge in [-0.3, -0.25) is 4.79 Å². The van der Waals surface area contributed by atoms with E-state index < -0.39 is 29.7 Å². The average molecular weight is 439 g/mol. The molecule has 1 unspecified atom stereocenters. The molecule has 1 aliphatic carbocycles. The third kappa shape index (κ3) is 5.51. The van der Waals surface area contributed by atoms with Crippen LogP contribution in [0.25, 0.3) is 0 Å². The first-order chi connectivity index (χ1) is 14.4. The third-order valence-corrected chi connectivity index (χ3v) is 6.58. The lowest BCUT2D eigenvalue weighted by Crippen LogP contribution is -2.56. The predicted molar refractivity (Wildman–Crippen MR) is 114 cm³/mol. The highest BCUT2D eigenvalue weighted by Crippen LogP contribution is 2.43. The molecule has 2 amide bonds. The Morgan fingerprint density at radius 2 is 1.77 bits per heavy atom. The second-order valence-corrected chi connectivity index (χ2v) is 10.8. The summed E-state index contributed by atoms with van der Waals surface area (Å²) in [6, 6.07) is -1.43. The molecule has 1 saturated carbocycles. The van der Waals surface area contributed by atoms with Gasteiger partial charge in [-0.25, -0.2) is 9.59 Å². The molecule has 176 valence electrons. The minimum Gasteiger partial charge on any atom is -0.467 e. The summed E-state index contributed by atoms with van der Waals surface area (Å²) in [6.45, 7) is 9.70. The Kier molecular flexibility index (Phi) is 6.89. The Hall–Kier alpha value is -1.83. The van der Waals surface area contributed by atoms with Crippen LogP contribution in [0.5, 0.6) is 0 Å². The molecule has 0 radical (unpaired) electrons. The quantitative estimate of drug-likeness (QED) is 0.678. The predicted octanol–water partition coefficient (Wildman–Crippen LogP) is 3.03. The van der Waals surface area contributed by atoms with Crippen LogP contribution in [0, 0.1) is 11.8 Å². The van der Waals surface area contributed by atoms with Crippen LogP contribution in [0.4, 0.5) is 4.79 Å². The van der Waals surface area contributed by atoms with Gasteiger partial charge in [0.15, 0.2) is 0 Å². The second-order valence-electron chi connectivity index (χ2n) is 10.8. The molecule has 0 aromatic carbocycles. The number of hydrogen-bond donors (Lipinski definition) is 1. The number of nitrogens with one attached hydrogen (secondary N) is 1. The number of methoxy groups -OCH3 is 1. The monoisotopic (exact) mass is 438 g/mol. The van der Waals surface area contributed by atoms with E-state index in [4.69, 9.17) is 14.2 Å². The smallest absolute Gasteiger partial charge is 0.408 e. The number of carbonyl (C=O) groups is 3. The number of esters is 1. The first-order valence-electron chi connectivity index (χ1n) is 11.5. The number of rotatable bonds is 4. The first-order valence-corrected chi connectivity index (χ1v) is 11.5. The number of carbonyl (C=O) groups excluding carboxylic acids is 3. The normalized spacial score (nSPS) is 29.2. The van der Waals surface area contributed by atoms with Crippen LogP contribution < -0.4 is 5.32 Å². The van der Waals surface area contributed by atoms with Crippen molar-refractivity contribution in [1.82, 2.24) is 10.2 Å². The molecule has 31 heavy (non-hydrogen) atoms. The topological polar surface area (TPSA) is 94.2 Å². The summed E-state index contributed by atoms with van der Waals surface area (Å²) in [7, 11) is 1.34. The number of amides is 2. The fourth-order valence-corrected chi connectivity index (χ4v) is 5.38. The van der Waals surface area contributed by atoms with Crippen molar-refractivity contribution in [2.24, 2.45) is 11.8 Å². The van der Waals surface area contributed by atoms with E-state index in [-0.39, 0.29) is 29.4 Å². The highest BCUT2D eigenvalue weighted by Gasteiger charge is 2.56. The Labute approximate surface area is 185 Å². The van der Waals surface area contributed by atoms with Crippen molar-refractivity contribution in [3.63, 3.8) is 0 Å². The van der Waals surface area contributed by atoms with Crippen LogP contribution in [0.1, 0.15) is 73.1 Å². The lowest BCUT2D eigenvalue weighted by Gasteiger charge is -2.35. The molecule has 1 N–H and O–H groups in total. The molecular weight excluding hydrogens is 400 g/mol. The zero-order valence-corrected chi connectivity index (χ0v) is 19.7. The van der Waals surface area contributed by atoms with Gasteiger partial charge in [0.2, 0.25) is 5.91 Å². The fraction of sp³-hybridized carbons (Fsp3) is 0.870. The molecule has 3 aliphatic rings. The molecule has 8 nitrogen and oxygen atoms in total. The highest BCUT2D eigenvalue weighted by atomic mass is 16.6. The maximum absolute atomic E-state index is 13.8. The van der Waals surface area contributed by atoms with Crippen molar-refractivity contribution in [2.75, 3.05) is 13.7 Å². The lowest BCUT2D eigenvalue weighted by atomic mass is 9.83. The van der Waals surface area contributed by atoms with Gasteiger partial charge in [0, 0.05) is 12.5 Å². The third-order valence-electron chi connectivity index (χ3n) is 6.58. The molecule has 0 aromatic rings. The summed E-state index contributed by atoms with van der Waals surface area (Å²) < 4.78 is 16.6. The summed E-state index contributed by atoms with van der Waals surface area (Å²) in [5, 5.41) is 2.83. The van der Waals surface area contributed by atoms with Crippen molar-refractivity contribution < 1.29 is 28.6 Å². The van der Waals surface area contributed by atoms with Gasteiger partial charge in [0.1, 0.15) is 17.7 Å². The van der Waals surface area contributed by atoms with Crippen LogP contribution in [0.3, 0.4) is 0 Å². The van der Waals surface area contributed by atoms with E-state index in [0.717, 1.165) is 32.1 Å². The van der Waals surface area contributed by atoms with Crippen LogP contribution in [0.15, 0.2) is 0 Å². The standard InChI is InChI=1S/C23H38N2O6/c1-22(2,3)31-21(28)24-17(14-10-8-7-9-11-14)19(26)25-13-16-15(12-23(4,5)30-16)18(25)20(27)29-6/h14-18H,7-13H2,1-6H3,(H,24,28)/t15?,16-,17-,18-/m0/s1. The van der Waals surface area contributed by atoms with Crippen LogP contribution in [0.2, 0.25) is 0 Å². The molecule has 0 aromatic heterocycles. The van der Waals surface area contributed by atoms with E-state index in [9.17, 15) is 14.4 Å². The van der Waals surface area contributed by atoms with Crippen LogP contribution in [-0.2, 0) is 23.8 Å². The van der Waals surface area contributed by atoms with Gasteiger partial charge in [0.05, 0.1) is 18.8 Å². The Bertz CT molecular complexity index is 695. The first kappa shape index (κ1) is 23.8. The van der Waals surface area contributed by atoms with Gasteiger partial charge in [0.25, 0.3) is 0 Å². The number of nitrogens with zero attached hydrogens (tertiary/aromatic N) is 1. The zero-order valence-electron chi connectivity index (χ0n) is 19.7. The molecule has 8 heteroatoms. The molecule has 0 bridgehead atoms. The summed E-state index contributed by atoms with van der Waals surface area (Å²) in [5.74, 6) is -0.768. The van der Waals surface area contributed by atoms with E-state index in [1.54, 1.807) is 25.7 Å². The van der Waals surface area contributed by atoms with Crippen LogP contribution >= 0.6 is 0 Å². The average Bonchev–Trinajstić information content (AvgIpc) is 3.15. The second kappa shape index (κ2) is 8.96. The molecular formula is C23H38N2O6. The van der Waals surface area contributed by atoms with Crippen molar-refractivity contribution >= 4 is 18.0 Å². The van der Waals surface area contributed by atoms with E-state index >= 15 is 0 Å². The SMILES string of the molecule is COC(=O)[C@@H]1C2CC(C)(C)O[C@H]2CN1C(=O)[C@@H](NC(=O)OC(C)(C)C)C1CCCCC1. The molecule has 3 fully saturated rings. The van der Waals surface area contributed by atoms with Crippen LogP contribution in [-0.4, -0.2) is 65.9 Å². The van der Waals surface area contributed by atoms with Gasteiger partial charge in [-0.1, -0.05) is 19.3 Å².